The molecule has 1 fully saturated rings. The van der Waals surface area contributed by atoms with Gasteiger partial charge >= 0.3 is 11.8 Å². The third-order valence-corrected chi connectivity index (χ3v) is 6.65. The molecule has 2 aromatic rings. The summed E-state index contributed by atoms with van der Waals surface area (Å²) in [5.74, 6) is -0.262. The van der Waals surface area contributed by atoms with E-state index in [0.717, 1.165) is 22.4 Å². The molecule has 1 aromatic carbocycles. The molecule has 0 unspecified atom stereocenters. The number of pyridine rings is 1. The highest BCUT2D eigenvalue weighted by atomic mass is 16.5. The largest absolute Gasteiger partial charge is 0.370 e. The summed E-state index contributed by atoms with van der Waals surface area (Å²) in [5.41, 5.74) is 4.21. The van der Waals surface area contributed by atoms with E-state index in [4.69, 9.17) is 9.72 Å². The van der Waals surface area contributed by atoms with Crippen LogP contribution >= 0.6 is 0 Å². The van der Waals surface area contributed by atoms with Gasteiger partial charge in [-0.2, -0.15) is 5.26 Å². The standard InChI is InChI=1S/C27H33N5O3/c1-18(2)23-22-17-35-27(3,4)14-20(22)21(15-28)24(30-23)31-10-12-32(13-11-31)26(34)25(33)29-16-19-8-6-5-7-9-19/h5-9,18H,10-14,16-17H2,1-4H3,(H,29,33). The molecule has 35 heavy (non-hydrogen) atoms. The van der Waals surface area contributed by atoms with E-state index in [1.807, 2.05) is 44.2 Å². The minimum Gasteiger partial charge on any atom is -0.370 e. The SMILES string of the molecule is CC(C)c1nc(N2CCN(C(=O)C(=O)NCc3ccccc3)CC2)c(C#N)c2c1COC(C)(C)C2. The number of aromatic nitrogens is 1. The van der Waals surface area contributed by atoms with Gasteiger partial charge in [0.1, 0.15) is 11.9 Å². The third kappa shape index (κ3) is 5.30. The Hall–Kier alpha value is -3.44. The number of nitriles is 1. The predicted octanol–water partition coefficient (Wildman–Crippen LogP) is 2.89. The lowest BCUT2D eigenvalue weighted by Gasteiger charge is -2.38. The molecular formula is C27H33N5O3. The molecular weight excluding hydrogens is 442 g/mol. The van der Waals surface area contributed by atoms with E-state index in [2.05, 4.69) is 30.1 Å². The number of nitrogens with zero attached hydrogens (tertiary/aromatic N) is 4. The van der Waals surface area contributed by atoms with Crippen LogP contribution in [0.25, 0.3) is 0 Å². The first-order chi connectivity index (χ1) is 16.7. The molecule has 2 aliphatic rings. The fourth-order valence-corrected chi connectivity index (χ4v) is 4.72. The average molecular weight is 476 g/mol. The summed E-state index contributed by atoms with van der Waals surface area (Å²) in [7, 11) is 0. The summed E-state index contributed by atoms with van der Waals surface area (Å²) >= 11 is 0. The molecule has 4 rings (SSSR count). The highest BCUT2D eigenvalue weighted by molar-refractivity contribution is 6.35. The smallest absolute Gasteiger partial charge is 0.312 e. The number of ether oxygens (including phenoxy) is 1. The lowest BCUT2D eigenvalue weighted by Crippen LogP contribution is -2.53. The van der Waals surface area contributed by atoms with Crippen molar-refractivity contribution in [3.05, 3.63) is 58.3 Å². The number of fused-ring (bicyclic) bond motifs is 1. The Morgan fingerprint density at radius 3 is 2.46 bits per heavy atom. The molecule has 2 aliphatic heterocycles. The van der Waals surface area contributed by atoms with Gasteiger partial charge in [-0.3, -0.25) is 9.59 Å². The zero-order valence-corrected chi connectivity index (χ0v) is 20.9. The van der Waals surface area contributed by atoms with Crippen LogP contribution < -0.4 is 10.2 Å². The fourth-order valence-electron chi connectivity index (χ4n) is 4.72. The lowest BCUT2D eigenvalue weighted by molar-refractivity contribution is -0.146. The Morgan fingerprint density at radius 1 is 1.14 bits per heavy atom. The fraction of sp³-hybridized carbons (Fsp3) is 0.481. The zero-order chi connectivity index (χ0) is 25.2. The van der Waals surface area contributed by atoms with Crippen molar-refractivity contribution in [3.8, 4) is 6.07 Å². The number of rotatable bonds is 4. The molecule has 1 N–H and O–H groups in total. The van der Waals surface area contributed by atoms with Gasteiger partial charge < -0.3 is 19.9 Å². The summed E-state index contributed by atoms with van der Waals surface area (Å²) in [6, 6.07) is 11.9. The van der Waals surface area contributed by atoms with Gasteiger partial charge in [-0.25, -0.2) is 4.98 Å². The number of nitrogens with one attached hydrogen (secondary N) is 1. The van der Waals surface area contributed by atoms with Gasteiger partial charge in [-0.05, 0) is 30.9 Å². The van der Waals surface area contributed by atoms with E-state index < -0.39 is 11.8 Å². The van der Waals surface area contributed by atoms with Crippen molar-refractivity contribution in [2.45, 2.75) is 58.8 Å². The van der Waals surface area contributed by atoms with Gasteiger partial charge in [0.15, 0.2) is 0 Å². The number of hydrogen-bond acceptors (Lipinski definition) is 6. The van der Waals surface area contributed by atoms with Crippen molar-refractivity contribution in [1.82, 2.24) is 15.2 Å². The average Bonchev–Trinajstić information content (AvgIpc) is 2.85. The minimum atomic E-state index is -0.601. The number of piperazine rings is 1. The van der Waals surface area contributed by atoms with Crippen LogP contribution in [0.5, 0.6) is 0 Å². The molecule has 3 heterocycles. The third-order valence-electron chi connectivity index (χ3n) is 6.65. The Bertz CT molecular complexity index is 1150. The maximum absolute atomic E-state index is 12.7. The van der Waals surface area contributed by atoms with E-state index >= 15 is 0 Å². The van der Waals surface area contributed by atoms with E-state index in [-0.39, 0.29) is 11.5 Å². The van der Waals surface area contributed by atoms with E-state index in [1.165, 1.54) is 0 Å². The molecule has 0 atom stereocenters. The van der Waals surface area contributed by atoms with Crippen LogP contribution in [0.3, 0.4) is 0 Å². The molecule has 2 amide bonds. The van der Waals surface area contributed by atoms with Crippen LogP contribution in [0.1, 0.15) is 61.6 Å². The lowest BCUT2D eigenvalue weighted by atomic mass is 9.86. The van der Waals surface area contributed by atoms with Crippen molar-refractivity contribution in [1.29, 1.82) is 5.26 Å². The number of anilines is 1. The maximum atomic E-state index is 12.7. The first-order valence-electron chi connectivity index (χ1n) is 12.2. The number of benzene rings is 1. The number of hydrogen-bond donors (Lipinski definition) is 1. The van der Waals surface area contributed by atoms with E-state index in [1.54, 1.807) is 4.90 Å². The molecule has 184 valence electrons. The normalized spacial score (nSPS) is 17.0. The summed E-state index contributed by atoms with van der Waals surface area (Å²) in [6.45, 7) is 10.9. The van der Waals surface area contributed by atoms with E-state index in [9.17, 15) is 14.9 Å². The quantitative estimate of drug-likeness (QED) is 0.683. The Kier molecular flexibility index (Phi) is 7.08. The van der Waals surface area contributed by atoms with Gasteiger partial charge in [0.25, 0.3) is 0 Å². The molecule has 0 radical (unpaired) electrons. The predicted molar refractivity (Wildman–Crippen MR) is 133 cm³/mol. The van der Waals surface area contributed by atoms with Crippen LogP contribution in [0.4, 0.5) is 5.82 Å². The highest BCUT2D eigenvalue weighted by Gasteiger charge is 2.34. The van der Waals surface area contributed by atoms with Gasteiger partial charge in [0, 0.05) is 44.7 Å². The molecule has 8 heteroatoms. The number of carbonyl (C=O) groups is 2. The highest BCUT2D eigenvalue weighted by Crippen LogP contribution is 2.37. The number of amides is 2. The zero-order valence-electron chi connectivity index (χ0n) is 20.9. The Morgan fingerprint density at radius 2 is 1.83 bits per heavy atom. The van der Waals surface area contributed by atoms with Crippen LogP contribution in [0.2, 0.25) is 0 Å². The first-order valence-corrected chi connectivity index (χ1v) is 12.2. The molecule has 0 spiro atoms. The van der Waals surface area contributed by atoms with E-state index in [0.29, 0.717) is 57.1 Å². The summed E-state index contributed by atoms with van der Waals surface area (Å²) in [6.07, 6.45) is 0.653. The second-order valence-electron chi connectivity index (χ2n) is 10.1. The van der Waals surface area contributed by atoms with Crippen molar-refractivity contribution in [2.24, 2.45) is 0 Å². The van der Waals surface area contributed by atoms with Crippen molar-refractivity contribution < 1.29 is 14.3 Å². The Balaban J connectivity index is 1.48. The van der Waals surface area contributed by atoms with Gasteiger partial charge in [-0.1, -0.05) is 44.2 Å². The second kappa shape index (κ2) is 10.0. The van der Waals surface area contributed by atoms with Gasteiger partial charge in [-0.15, -0.1) is 0 Å². The summed E-state index contributed by atoms with van der Waals surface area (Å²) in [5, 5.41) is 12.8. The van der Waals surface area contributed by atoms with Crippen LogP contribution in [0.15, 0.2) is 30.3 Å². The summed E-state index contributed by atoms with van der Waals surface area (Å²) in [4.78, 5) is 33.7. The summed E-state index contributed by atoms with van der Waals surface area (Å²) < 4.78 is 6.03. The van der Waals surface area contributed by atoms with Crippen LogP contribution in [-0.4, -0.2) is 53.5 Å². The molecule has 0 saturated carbocycles. The van der Waals surface area contributed by atoms with Crippen LogP contribution in [-0.2, 0) is 33.9 Å². The molecule has 1 saturated heterocycles. The second-order valence-corrected chi connectivity index (χ2v) is 10.1. The molecule has 1 aromatic heterocycles. The van der Waals surface area contributed by atoms with Crippen LogP contribution in [0, 0.1) is 11.3 Å². The topological polar surface area (TPSA) is 98.6 Å². The van der Waals surface area contributed by atoms with Crippen molar-refractivity contribution >= 4 is 17.6 Å². The molecule has 8 nitrogen and oxygen atoms in total. The molecule has 0 aliphatic carbocycles. The van der Waals surface area contributed by atoms with Crippen molar-refractivity contribution in [2.75, 3.05) is 31.1 Å². The molecule has 0 bridgehead atoms. The number of carbonyl (C=O) groups excluding carboxylic acids is 2. The maximum Gasteiger partial charge on any atom is 0.312 e. The van der Waals surface area contributed by atoms with Gasteiger partial charge in [0.05, 0.1) is 23.5 Å². The van der Waals surface area contributed by atoms with Gasteiger partial charge in [0.2, 0.25) is 0 Å². The van der Waals surface area contributed by atoms with Crippen molar-refractivity contribution in [3.63, 3.8) is 0 Å². The minimum absolute atomic E-state index is 0.191. The first kappa shape index (κ1) is 24.7. The monoisotopic (exact) mass is 475 g/mol. The Labute approximate surface area is 206 Å².